The van der Waals surface area contributed by atoms with Gasteiger partial charge in [-0.05, 0) is 22.4 Å². The minimum absolute atomic E-state index is 0.358. The van der Waals surface area contributed by atoms with Crippen molar-refractivity contribution in [3.05, 3.63) is 66.1 Å². The highest BCUT2D eigenvalue weighted by Crippen LogP contribution is 2.26. The minimum Gasteiger partial charge on any atom is -0.480 e. The zero-order valence-corrected chi connectivity index (χ0v) is 11.2. The lowest BCUT2D eigenvalue weighted by atomic mass is 10.0. The van der Waals surface area contributed by atoms with Gasteiger partial charge in [0.25, 0.3) is 0 Å². The van der Waals surface area contributed by atoms with Crippen LogP contribution in [0.1, 0.15) is 17.3 Å². The smallest absolute Gasteiger partial charge is 0.237 e. The summed E-state index contributed by atoms with van der Waals surface area (Å²) in [6.45, 7) is 0. The van der Waals surface area contributed by atoms with Gasteiger partial charge in [-0.2, -0.15) is 0 Å². The largest absolute Gasteiger partial charge is 0.480 e. The molecule has 1 aromatic heterocycles. The fraction of sp³-hybridized carbons (Fsp3) is 0.125. The SMILES string of the molecule is COc1nccnc1C(N)c1ccc2ccccc2c1. The molecule has 2 aromatic carbocycles. The molecule has 3 aromatic rings. The van der Waals surface area contributed by atoms with Gasteiger partial charge in [-0.15, -0.1) is 0 Å². The first-order valence-corrected chi connectivity index (χ1v) is 6.39. The van der Waals surface area contributed by atoms with Gasteiger partial charge in [-0.3, -0.25) is 4.98 Å². The lowest BCUT2D eigenvalue weighted by molar-refractivity contribution is 0.387. The van der Waals surface area contributed by atoms with Crippen LogP contribution in [-0.2, 0) is 0 Å². The monoisotopic (exact) mass is 265 g/mol. The van der Waals surface area contributed by atoms with Crippen molar-refractivity contribution in [2.45, 2.75) is 6.04 Å². The highest BCUT2D eigenvalue weighted by molar-refractivity contribution is 5.83. The van der Waals surface area contributed by atoms with E-state index in [-0.39, 0.29) is 6.04 Å². The first kappa shape index (κ1) is 12.6. The Bertz CT molecular complexity index is 742. The highest BCUT2D eigenvalue weighted by Gasteiger charge is 2.16. The molecule has 3 rings (SSSR count). The number of hydrogen-bond donors (Lipinski definition) is 1. The Balaban J connectivity index is 2.05. The van der Waals surface area contributed by atoms with Crippen LogP contribution >= 0.6 is 0 Å². The van der Waals surface area contributed by atoms with Gasteiger partial charge in [0.15, 0.2) is 0 Å². The third kappa shape index (κ3) is 2.21. The molecular formula is C16H15N3O. The maximum absolute atomic E-state index is 6.30. The van der Waals surface area contributed by atoms with Gasteiger partial charge < -0.3 is 10.5 Å². The number of methoxy groups -OCH3 is 1. The number of ether oxygens (including phenoxy) is 1. The molecule has 0 aliphatic carbocycles. The first-order chi connectivity index (χ1) is 9.79. The Hall–Kier alpha value is -2.46. The van der Waals surface area contributed by atoms with Crippen molar-refractivity contribution >= 4 is 10.8 Å². The fourth-order valence-corrected chi connectivity index (χ4v) is 2.27. The van der Waals surface area contributed by atoms with E-state index in [1.807, 2.05) is 18.2 Å². The van der Waals surface area contributed by atoms with Crippen LogP contribution in [0.3, 0.4) is 0 Å². The molecule has 2 N–H and O–H groups in total. The average molecular weight is 265 g/mol. The van der Waals surface area contributed by atoms with Gasteiger partial charge in [-0.1, -0.05) is 36.4 Å². The molecular weight excluding hydrogens is 250 g/mol. The van der Waals surface area contributed by atoms with E-state index >= 15 is 0 Å². The Morgan fingerprint density at radius 3 is 2.55 bits per heavy atom. The molecule has 0 radical (unpaired) electrons. The molecule has 0 amide bonds. The normalized spacial score (nSPS) is 12.3. The molecule has 4 heteroatoms. The number of benzene rings is 2. The van der Waals surface area contributed by atoms with E-state index in [0.29, 0.717) is 11.6 Å². The van der Waals surface area contributed by atoms with Crippen molar-refractivity contribution in [1.29, 1.82) is 0 Å². The van der Waals surface area contributed by atoms with Crippen LogP contribution in [0.2, 0.25) is 0 Å². The summed E-state index contributed by atoms with van der Waals surface area (Å²) in [6, 6.07) is 14.0. The Morgan fingerprint density at radius 2 is 1.75 bits per heavy atom. The second-order valence-electron chi connectivity index (χ2n) is 4.54. The summed E-state index contributed by atoms with van der Waals surface area (Å²) in [4.78, 5) is 8.43. The minimum atomic E-state index is -0.358. The topological polar surface area (TPSA) is 61.0 Å². The van der Waals surface area contributed by atoms with E-state index in [2.05, 4.69) is 34.2 Å². The summed E-state index contributed by atoms with van der Waals surface area (Å²) >= 11 is 0. The van der Waals surface area contributed by atoms with Crippen LogP contribution in [0, 0.1) is 0 Å². The second kappa shape index (κ2) is 5.27. The van der Waals surface area contributed by atoms with E-state index in [1.54, 1.807) is 19.5 Å². The molecule has 0 spiro atoms. The van der Waals surface area contributed by atoms with Crippen molar-refractivity contribution in [3.63, 3.8) is 0 Å². The zero-order chi connectivity index (χ0) is 13.9. The van der Waals surface area contributed by atoms with Gasteiger partial charge in [0, 0.05) is 12.4 Å². The summed E-state index contributed by atoms with van der Waals surface area (Å²) in [5, 5.41) is 2.35. The van der Waals surface area contributed by atoms with Gasteiger partial charge in [0.05, 0.1) is 13.2 Å². The maximum Gasteiger partial charge on any atom is 0.237 e. The molecule has 0 saturated carbocycles. The van der Waals surface area contributed by atoms with E-state index in [0.717, 1.165) is 10.9 Å². The first-order valence-electron chi connectivity index (χ1n) is 6.39. The molecule has 100 valence electrons. The van der Waals surface area contributed by atoms with Gasteiger partial charge in [0.1, 0.15) is 5.69 Å². The summed E-state index contributed by atoms with van der Waals surface area (Å²) < 4.78 is 5.22. The maximum atomic E-state index is 6.30. The van der Waals surface area contributed by atoms with Crippen molar-refractivity contribution in [1.82, 2.24) is 9.97 Å². The standard InChI is InChI=1S/C16H15N3O/c1-20-16-15(18-8-9-19-16)14(17)13-7-6-11-4-2-3-5-12(11)10-13/h2-10,14H,17H2,1H3. The van der Waals surface area contributed by atoms with Crippen LogP contribution in [-0.4, -0.2) is 17.1 Å². The van der Waals surface area contributed by atoms with Gasteiger partial charge in [0.2, 0.25) is 5.88 Å². The van der Waals surface area contributed by atoms with E-state index in [9.17, 15) is 0 Å². The van der Waals surface area contributed by atoms with Gasteiger partial charge in [-0.25, -0.2) is 4.98 Å². The van der Waals surface area contributed by atoms with Gasteiger partial charge >= 0.3 is 0 Å². The summed E-state index contributed by atoms with van der Waals surface area (Å²) in [5.74, 6) is 0.466. The number of hydrogen-bond acceptors (Lipinski definition) is 4. The second-order valence-corrected chi connectivity index (χ2v) is 4.54. The number of rotatable bonds is 3. The molecule has 0 bridgehead atoms. The predicted molar refractivity (Wildman–Crippen MR) is 78.6 cm³/mol. The van der Waals surface area contributed by atoms with Crippen LogP contribution in [0.25, 0.3) is 10.8 Å². The summed E-state index contributed by atoms with van der Waals surface area (Å²) in [5.41, 5.74) is 7.93. The van der Waals surface area contributed by atoms with E-state index in [4.69, 9.17) is 10.5 Å². The quantitative estimate of drug-likeness (QED) is 0.791. The van der Waals surface area contributed by atoms with Crippen molar-refractivity contribution in [2.75, 3.05) is 7.11 Å². The van der Waals surface area contributed by atoms with Crippen molar-refractivity contribution < 1.29 is 4.74 Å². The molecule has 1 heterocycles. The molecule has 0 aliphatic heterocycles. The average Bonchev–Trinajstić information content (AvgIpc) is 2.53. The van der Waals surface area contributed by atoms with Crippen molar-refractivity contribution in [3.8, 4) is 5.88 Å². The Labute approximate surface area is 117 Å². The molecule has 1 atom stereocenters. The lowest BCUT2D eigenvalue weighted by Gasteiger charge is -2.14. The van der Waals surface area contributed by atoms with Crippen LogP contribution in [0.15, 0.2) is 54.9 Å². The molecule has 4 nitrogen and oxygen atoms in total. The summed E-state index contributed by atoms with van der Waals surface area (Å²) in [7, 11) is 1.57. The number of nitrogens with zero attached hydrogens (tertiary/aromatic N) is 2. The Kier molecular flexibility index (Phi) is 3.31. The van der Waals surface area contributed by atoms with Crippen LogP contribution in [0.4, 0.5) is 0 Å². The molecule has 1 unspecified atom stereocenters. The predicted octanol–water partition coefficient (Wildman–Crippen LogP) is 2.69. The number of fused-ring (bicyclic) bond motifs is 1. The number of nitrogens with two attached hydrogens (primary N) is 1. The number of aromatic nitrogens is 2. The molecule has 20 heavy (non-hydrogen) atoms. The summed E-state index contributed by atoms with van der Waals surface area (Å²) in [6.07, 6.45) is 3.22. The Morgan fingerprint density at radius 1 is 1.00 bits per heavy atom. The third-order valence-electron chi connectivity index (χ3n) is 3.31. The van der Waals surface area contributed by atoms with E-state index in [1.165, 1.54) is 5.39 Å². The molecule has 0 saturated heterocycles. The van der Waals surface area contributed by atoms with E-state index < -0.39 is 0 Å². The van der Waals surface area contributed by atoms with Crippen LogP contribution in [0.5, 0.6) is 5.88 Å². The molecule has 0 fully saturated rings. The fourth-order valence-electron chi connectivity index (χ4n) is 2.27. The lowest BCUT2D eigenvalue weighted by Crippen LogP contribution is -2.15. The third-order valence-corrected chi connectivity index (χ3v) is 3.31. The zero-order valence-electron chi connectivity index (χ0n) is 11.2. The highest BCUT2D eigenvalue weighted by atomic mass is 16.5. The molecule has 0 aliphatic rings. The van der Waals surface area contributed by atoms with Crippen molar-refractivity contribution in [2.24, 2.45) is 5.73 Å². The van der Waals surface area contributed by atoms with Crippen LogP contribution < -0.4 is 10.5 Å².